The fourth-order valence-corrected chi connectivity index (χ4v) is 3.09. The van der Waals surface area contributed by atoms with E-state index in [1.807, 2.05) is 0 Å². The SMILES string of the molecule is CC(C)CC1NC(CC(C)C)N(C(C)CCN(C)C)C1=O. The Labute approximate surface area is 131 Å². The Balaban J connectivity index is 2.76. The number of hydrogen-bond acceptors (Lipinski definition) is 3. The van der Waals surface area contributed by atoms with Crippen LogP contribution in [0, 0.1) is 11.8 Å². The van der Waals surface area contributed by atoms with Crippen molar-refractivity contribution in [1.82, 2.24) is 15.1 Å². The molecule has 0 aromatic heterocycles. The molecule has 0 spiro atoms. The van der Waals surface area contributed by atoms with Gasteiger partial charge in [-0.05, 0) is 58.7 Å². The van der Waals surface area contributed by atoms with E-state index in [2.05, 4.69) is 63.8 Å². The molecule has 1 heterocycles. The zero-order valence-electron chi connectivity index (χ0n) is 15.0. The average molecular weight is 297 g/mol. The van der Waals surface area contributed by atoms with E-state index in [0.29, 0.717) is 23.8 Å². The lowest BCUT2D eigenvalue weighted by molar-refractivity contribution is -0.132. The molecular weight excluding hydrogens is 262 g/mol. The van der Waals surface area contributed by atoms with Crippen LogP contribution in [0.1, 0.15) is 53.9 Å². The third kappa shape index (κ3) is 5.59. The van der Waals surface area contributed by atoms with Crippen LogP contribution in [0.2, 0.25) is 0 Å². The Hall–Kier alpha value is -0.610. The number of carbonyl (C=O) groups is 1. The Kier molecular flexibility index (Phi) is 7.14. The van der Waals surface area contributed by atoms with Crippen molar-refractivity contribution in [2.24, 2.45) is 11.8 Å². The summed E-state index contributed by atoms with van der Waals surface area (Å²) in [6, 6.07) is 0.309. The van der Waals surface area contributed by atoms with Crippen LogP contribution in [0.25, 0.3) is 0 Å². The number of hydrogen-bond donors (Lipinski definition) is 1. The minimum atomic E-state index is 0.00977. The van der Waals surface area contributed by atoms with Crippen LogP contribution >= 0.6 is 0 Å². The van der Waals surface area contributed by atoms with E-state index in [-0.39, 0.29) is 12.2 Å². The van der Waals surface area contributed by atoms with Gasteiger partial charge in [0, 0.05) is 6.04 Å². The van der Waals surface area contributed by atoms with Crippen LogP contribution in [-0.2, 0) is 4.79 Å². The normalized spacial score (nSPS) is 24.7. The lowest BCUT2D eigenvalue weighted by atomic mass is 10.0. The van der Waals surface area contributed by atoms with Gasteiger partial charge in [-0.2, -0.15) is 0 Å². The van der Waals surface area contributed by atoms with Gasteiger partial charge in [0.15, 0.2) is 0 Å². The Morgan fingerprint density at radius 2 is 1.67 bits per heavy atom. The first kappa shape index (κ1) is 18.4. The van der Waals surface area contributed by atoms with Gasteiger partial charge in [0.1, 0.15) is 0 Å². The molecule has 0 aromatic carbocycles. The van der Waals surface area contributed by atoms with Crippen molar-refractivity contribution in [2.45, 2.75) is 72.1 Å². The molecule has 124 valence electrons. The van der Waals surface area contributed by atoms with E-state index in [1.165, 1.54) is 0 Å². The molecule has 1 amide bonds. The summed E-state index contributed by atoms with van der Waals surface area (Å²) in [6.07, 6.45) is 3.21. The topological polar surface area (TPSA) is 35.6 Å². The first-order valence-electron chi connectivity index (χ1n) is 8.45. The second kappa shape index (κ2) is 8.14. The standard InChI is InChI=1S/C17H35N3O/c1-12(2)10-15-17(21)20(14(5)8-9-19(6)7)16(18-15)11-13(3)4/h12-16,18H,8-11H2,1-7H3. The zero-order chi connectivity index (χ0) is 16.2. The van der Waals surface area contributed by atoms with Crippen molar-refractivity contribution in [1.29, 1.82) is 0 Å². The van der Waals surface area contributed by atoms with Crippen LogP contribution in [0.5, 0.6) is 0 Å². The summed E-state index contributed by atoms with van der Waals surface area (Å²) >= 11 is 0. The van der Waals surface area contributed by atoms with Crippen molar-refractivity contribution in [3.63, 3.8) is 0 Å². The first-order valence-corrected chi connectivity index (χ1v) is 8.45. The maximum absolute atomic E-state index is 12.8. The molecule has 3 unspecified atom stereocenters. The monoisotopic (exact) mass is 297 g/mol. The highest BCUT2D eigenvalue weighted by Crippen LogP contribution is 2.24. The van der Waals surface area contributed by atoms with E-state index in [1.54, 1.807) is 0 Å². The molecule has 1 aliphatic heterocycles. The molecule has 0 bridgehead atoms. The van der Waals surface area contributed by atoms with E-state index in [4.69, 9.17) is 0 Å². The molecule has 4 heteroatoms. The minimum absolute atomic E-state index is 0.00977. The molecule has 0 saturated carbocycles. The van der Waals surface area contributed by atoms with Crippen molar-refractivity contribution in [3.05, 3.63) is 0 Å². The van der Waals surface area contributed by atoms with E-state index >= 15 is 0 Å². The predicted molar refractivity (Wildman–Crippen MR) is 89.1 cm³/mol. The summed E-state index contributed by atoms with van der Waals surface area (Å²) in [5.41, 5.74) is 0. The van der Waals surface area contributed by atoms with Crippen LogP contribution in [-0.4, -0.2) is 54.6 Å². The van der Waals surface area contributed by atoms with Gasteiger partial charge in [0.05, 0.1) is 12.2 Å². The third-order valence-corrected chi connectivity index (χ3v) is 4.15. The van der Waals surface area contributed by atoms with Gasteiger partial charge in [-0.15, -0.1) is 0 Å². The van der Waals surface area contributed by atoms with Crippen LogP contribution in [0.3, 0.4) is 0 Å². The maximum atomic E-state index is 12.8. The van der Waals surface area contributed by atoms with Gasteiger partial charge in [-0.1, -0.05) is 27.7 Å². The minimum Gasteiger partial charge on any atom is -0.323 e. The number of rotatable bonds is 8. The molecule has 0 aliphatic carbocycles. The third-order valence-electron chi connectivity index (χ3n) is 4.15. The quantitative estimate of drug-likeness (QED) is 0.748. The molecule has 1 aliphatic rings. The van der Waals surface area contributed by atoms with Crippen LogP contribution in [0.15, 0.2) is 0 Å². The highest BCUT2D eigenvalue weighted by atomic mass is 16.2. The number of nitrogens with zero attached hydrogens (tertiary/aromatic N) is 2. The van der Waals surface area contributed by atoms with E-state index in [9.17, 15) is 4.79 Å². The summed E-state index contributed by atoms with van der Waals surface area (Å²) < 4.78 is 0. The molecule has 4 nitrogen and oxygen atoms in total. The van der Waals surface area contributed by atoms with Gasteiger partial charge >= 0.3 is 0 Å². The Bertz CT molecular complexity index is 328. The highest BCUT2D eigenvalue weighted by molar-refractivity contribution is 5.84. The predicted octanol–water partition coefficient (Wildman–Crippen LogP) is 2.55. The van der Waals surface area contributed by atoms with Gasteiger partial charge in [-0.25, -0.2) is 0 Å². The largest absolute Gasteiger partial charge is 0.323 e. The van der Waals surface area contributed by atoms with Crippen molar-refractivity contribution in [3.8, 4) is 0 Å². The van der Waals surface area contributed by atoms with Gasteiger partial charge in [0.25, 0.3) is 0 Å². The molecule has 3 atom stereocenters. The molecule has 1 saturated heterocycles. The highest BCUT2D eigenvalue weighted by Gasteiger charge is 2.41. The summed E-state index contributed by atoms with van der Waals surface area (Å²) in [6.45, 7) is 12.0. The molecule has 21 heavy (non-hydrogen) atoms. The molecule has 1 N–H and O–H groups in total. The van der Waals surface area contributed by atoms with Gasteiger partial charge in [-0.3, -0.25) is 10.1 Å². The van der Waals surface area contributed by atoms with Crippen molar-refractivity contribution >= 4 is 5.91 Å². The number of carbonyl (C=O) groups excluding carboxylic acids is 1. The van der Waals surface area contributed by atoms with Crippen molar-refractivity contribution < 1.29 is 4.79 Å². The summed E-state index contributed by atoms with van der Waals surface area (Å²) in [5, 5.41) is 3.58. The van der Waals surface area contributed by atoms with Crippen LogP contribution < -0.4 is 5.32 Å². The fraction of sp³-hybridized carbons (Fsp3) is 0.941. The molecule has 1 rings (SSSR count). The molecule has 0 radical (unpaired) electrons. The second-order valence-corrected chi connectivity index (χ2v) is 7.68. The lowest BCUT2D eigenvalue weighted by Gasteiger charge is -2.32. The number of amides is 1. The Morgan fingerprint density at radius 3 is 2.14 bits per heavy atom. The first-order chi connectivity index (χ1) is 9.72. The van der Waals surface area contributed by atoms with Gasteiger partial charge < -0.3 is 9.80 Å². The molecule has 1 fully saturated rings. The molecular formula is C17H35N3O. The summed E-state index contributed by atoms with van der Waals surface area (Å²) in [7, 11) is 4.17. The zero-order valence-corrected chi connectivity index (χ0v) is 15.0. The average Bonchev–Trinajstić information content (AvgIpc) is 2.61. The van der Waals surface area contributed by atoms with Crippen molar-refractivity contribution in [2.75, 3.05) is 20.6 Å². The molecule has 0 aromatic rings. The van der Waals surface area contributed by atoms with E-state index < -0.39 is 0 Å². The number of nitrogens with one attached hydrogen (secondary N) is 1. The fourth-order valence-electron chi connectivity index (χ4n) is 3.09. The summed E-state index contributed by atoms with van der Waals surface area (Å²) in [5.74, 6) is 1.44. The Morgan fingerprint density at radius 1 is 1.10 bits per heavy atom. The van der Waals surface area contributed by atoms with E-state index in [0.717, 1.165) is 25.8 Å². The van der Waals surface area contributed by atoms with Gasteiger partial charge in [0.2, 0.25) is 5.91 Å². The van der Waals surface area contributed by atoms with Crippen LogP contribution in [0.4, 0.5) is 0 Å². The smallest absolute Gasteiger partial charge is 0.241 e. The lowest BCUT2D eigenvalue weighted by Crippen LogP contribution is -2.44. The summed E-state index contributed by atoms with van der Waals surface area (Å²) in [4.78, 5) is 17.1. The second-order valence-electron chi connectivity index (χ2n) is 7.68. The maximum Gasteiger partial charge on any atom is 0.241 e.